The highest BCUT2D eigenvalue weighted by molar-refractivity contribution is 6.34. The summed E-state index contributed by atoms with van der Waals surface area (Å²) in [5.74, 6) is 0.485. The summed E-state index contributed by atoms with van der Waals surface area (Å²) in [4.78, 5) is 29.9. The molecule has 3 aromatic rings. The SMILES string of the molecule is Nc1ccc(C(F)(F)F)c(-c2cc3nc(OCCN4CC(CF)C4)nc(N4CCN(C=CC=O)CC4)c3cc2Cl)n1. The number of nitrogens with two attached hydrogens (primary N) is 1. The highest BCUT2D eigenvalue weighted by atomic mass is 35.5. The van der Waals surface area contributed by atoms with Crippen LogP contribution in [0.2, 0.25) is 5.02 Å². The number of aldehydes is 1. The number of halogens is 5. The molecule has 2 aliphatic heterocycles. The van der Waals surface area contributed by atoms with Crippen LogP contribution in [0.1, 0.15) is 5.56 Å². The third-order valence-corrected chi connectivity index (χ3v) is 7.41. The van der Waals surface area contributed by atoms with Gasteiger partial charge >= 0.3 is 12.2 Å². The number of carbonyl (C=O) groups excluding carboxylic acids is 1. The molecule has 0 aliphatic carbocycles. The molecule has 9 nitrogen and oxygen atoms in total. The van der Waals surface area contributed by atoms with E-state index in [0.29, 0.717) is 68.8 Å². The van der Waals surface area contributed by atoms with Gasteiger partial charge in [-0.05, 0) is 30.3 Å². The van der Waals surface area contributed by atoms with Crippen LogP contribution in [-0.2, 0) is 11.0 Å². The zero-order chi connectivity index (χ0) is 29.1. The average molecular weight is 594 g/mol. The fraction of sp³-hybridized carbons (Fsp3) is 0.407. The van der Waals surface area contributed by atoms with Crippen molar-refractivity contribution in [2.24, 2.45) is 5.92 Å². The van der Waals surface area contributed by atoms with E-state index in [9.17, 15) is 22.4 Å². The van der Waals surface area contributed by atoms with Crippen molar-refractivity contribution < 1.29 is 27.1 Å². The molecule has 0 atom stereocenters. The number of likely N-dealkylation sites (tertiary alicyclic amines) is 1. The second kappa shape index (κ2) is 12.0. The summed E-state index contributed by atoms with van der Waals surface area (Å²) in [6.07, 6.45) is -0.823. The number of ether oxygens (including phenoxy) is 1. The fourth-order valence-corrected chi connectivity index (χ4v) is 5.22. The van der Waals surface area contributed by atoms with Gasteiger partial charge in [-0.3, -0.25) is 14.1 Å². The molecule has 2 fully saturated rings. The minimum Gasteiger partial charge on any atom is -0.462 e. The van der Waals surface area contributed by atoms with Gasteiger partial charge in [0.1, 0.15) is 24.5 Å². The van der Waals surface area contributed by atoms with Crippen molar-refractivity contribution in [2.75, 3.05) is 69.7 Å². The number of hydrogen-bond acceptors (Lipinski definition) is 9. The quantitative estimate of drug-likeness (QED) is 0.224. The molecule has 0 spiro atoms. The second-order valence-corrected chi connectivity index (χ2v) is 10.3. The van der Waals surface area contributed by atoms with E-state index in [1.807, 2.05) is 9.80 Å². The van der Waals surface area contributed by atoms with E-state index in [2.05, 4.69) is 19.9 Å². The van der Waals surface area contributed by atoms with Gasteiger partial charge in [0.25, 0.3) is 0 Å². The maximum absolute atomic E-state index is 13.8. The minimum absolute atomic E-state index is 0.0241. The first-order chi connectivity index (χ1) is 19.7. The molecule has 2 saturated heterocycles. The fourth-order valence-electron chi connectivity index (χ4n) is 4.97. The topological polar surface area (TPSA) is 101 Å². The maximum atomic E-state index is 13.8. The highest BCUT2D eigenvalue weighted by Gasteiger charge is 2.35. The summed E-state index contributed by atoms with van der Waals surface area (Å²) in [6, 6.07) is 5.00. The summed E-state index contributed by atoms with van der Waals surface area (Å²) in [5, 5.41) is 0.571. The van der Waals surface area contributed by atoms with Crippen molar-refractivity contribution in [3.63, 3.8) is 0 Å². The number of alkyl halides is 4. The molecule has 2 N–H and O–H groups in total. The summed E-state index contributed by atoms with van der Waals surface area (Å²) in [5.41, 5.74) is 4.72. The molecule has 41 heavy (non-hydrogen) atoms. The number of anilines is 2. The lowest BCUT2D eigenvalue weighted by atomic mass is 10.0. The van der Waals surface area contributed by atoms with E-state index in [4.69, 9.17) is 22.1 Å². The standard InChI is InChI=1S/C27H28ClF4N7O2/c28-21-12-19-22(13-18(21)24-20(27(30,31)32)2-3-23(33)35-24)34-26(41-11-9-38-15-17(14-29)16-38)36-25(19)39-7-5-37(6-8-39)4-1-10-40/h1-4,10,12-13,17H,5-9,11,14-16H2,(H2,33,35). The van der Waals surface area contributed by atoms with Gasteiger partial charge in [0.15, 0.2) is 0 Å². The van der Waals surface area contributed by atoms with Gasteiger partial charge < -0.3 is 20.3 Å². The van der Waals surface area contributed by atoms with Crippen LogP contribution in [0.5, 0.6) is 6.01 Å². The predicted molar refractivity (Wildman–Crippen MR) is 148 cm³/mol. The number of nitrogens with zero attached hydrogens (tertiary/aromatic N) is 6. The van der Waals surface area contributed by atoms with Gasteiger partial charge in [-0.25, -0.2) is 4.98 Å². The van der Waals surface area contributed by atoms with E-state index < -0.39 is 17.4 Å². The van der Waals surface area contributed by atoms with E-state index in [1.165, 1.54) is 18.2 Å². The Hall–Kier alpha value is -3.71. The monoisotopic (exact) mass is 593 g/mol. The predicted octanol–water partition coefficient (Wildman–Crippen LogP) is 4.06. The van der Waals surface area contributed by atoms with Crippen molar-refractivity contribution >= 4 is 40.4 Å². The molecule has 2 aromatic heterocycles. The Morgan fingerprint density at radius 2 is 1.85 bits per heavy atom. The Labute approximate surface area is 238 Å². The molecule has 0 radical (unpaired) electrons. The summed E-state index contributed by atoms with van der Waals surface area (Å²) in [7, 11) is 0. The molecule has 4 heterocycles. The van der Waals surface area contributed by atoms with Crippen LogP contribution in [-0.4, -0.2) is 90.1 Å². The summed E-state index contributed by atoms with van der Waals surface area (Å²) >= 11 is 6.57. The van der Waals surface area contributed by atoms with Crippen LogP contribution >= 0.6 is 11.6 Å². The third-order valence-electron chi connectivity index (χ3n) is 7.10. The lowest BCUT2D eigenvalue weighted by molar-refractivity contribution is -0.137. The lowest BCUT2D eigenvalue weighted by Crippen LogP contribution is -2.49. The number of rotatable bonds is 9. The molecule has 1 aromatic carbocycles. The van der Waals surface area contributed by atoms with Gasteiger partial charge in [-0.2, -0.15) is 23.1 Å². The second-order valence-electron chi connectivity index (χ2n) is 9.94. The highest BCUT2D eigenvalue weighted by Crippen LogP contribution is 2.41. The van der Waals surface area contributed by atoms with Gasteiger partial charge in [0.05, 0.1) is 28.5 Å². The summed E-state index contributed by atoms with van der Waals surface area (Å²) < 4.78 is 60.2. The molecular formula is C27H28ClF4N7O2. The van der Waals surface area contributed by atoms with Crippen molar-refractivity contribution in [1.29, 1.82) is 0 Å². The zero-order valence-electron chi connectivity index (χ0n) is 21.9. The molecule has 0 bridgehead atoms. The largest absolute Gasteiger partial charge is 0.462 e. The lowest BCUT2D eigenvalue weighted by Gasteiger charge is -2.37. The van der Waals surface area contributed by atoms with Crippen molar-refractivity contribution in [3.8, 4) is 17.3 Å². The average Bonchev–Trinajstić information content (AvgIpc) is 2.92. The van der Waals surface area contributed by atoms with E-state index >= 15 is 0 Å². The number of carbonyl (C=O) groups is 1. The van der Waals surface area contributed by atoms with E-state index in [-0.39, 0.29) is 41.6 Å². The Morgan fingerprint density at radius 3 is 2.54 bits per heavy atom. The molecule has 14 heteroatoms. The number of hydrogen-bond donors (Lipinski definition) is 1. The Balaban J connectivity index is 1.51. The van der Waals surface area contributed by atoms with Gasteiger partial charge in [0.2, 0.25) is 0 Å². The molecule has 5 rings (SSSR count). The number of benzene rings is 1. The van der Waals surface area contributed by atoms with Crippen LogP contribution in [0, 0.1) is 5.92 Å². The van der Waals surface area contributed by atoms with Crippen molar-refractivity contribution in [3.05, 3.63) is 47.1 Å². The third kappa shape index (κ3) is 6.46. The van der Waals surface area contributed by atoms with Crippen LogP contribution in [0.3, 0.4) is 0 Å². The molecular weight excluding hydrogens is 566 g/mol. The first kappa shape index (κ1) is 28.8. The van der Waals surface area contributed by atoms with Gasteiger partial charge in [-0.15, -0.1) is 0 Å². The normalized spacial score (nSPS) is 16.9. The van der Waals surface area contributed by atoms with Gasteiger partial charge in [0, 0.05) is 68.9 Å². The van der Waals surface area contributed by atoms with Crippen molar-refractivity contribution in [2.45, 2.75) is 6.18 Å². The van der Waals surface area contributed by atoms with Crippen molar-refractivity contribution in [1.82, 2.24) is 24.8 Å². The first-order valence-corrected chi connectivity index (χ1v) is 13.4. The zero-order valence-corrected chi connectivity index (χ0v) is 22.7. The summed E-state index contributed by atoms with van der Waals surface area (Å²) in [6.45, 7) is 4.12. The molecule has 218 valence electrons. The Morgan fingerprint density at radius 1 is 1.10 bits per heavy atom. The van der Waals surface area contributed by atoms with Crippen LogP contribution in [0.25, 0.3) is 22.2 Å². The van der Waals surface area contributed by atoms with Crippen LogP contribution in [0.15, 0.2) is 36.5 Å². The van der Waals surface area contributed by atoms with Crippen LogP contribution in [0.4, 0.5) is 29.2 Å². The molecule has 0 unspecified atom stereocenters. The van der Waals surface area contributed by atoms with Gasteiger partial charge in [-0.1, -0.05) is 11.6 Å². The number of pyridine rings is 1. The molecule has 0 amide bonds. The Kier molecular flexibility index (Phi) is 8.45. The number of allylic oxidation sites excluding steroid dienone is 1. The smallest absolute Gasteiger partial charge is 0.418 e. The first-order valence-electron chi connectivity index (χ1n) is 13.0. The Bertz CT molecular complexity index is 1440. The van der Waals surface area contributed by atoms with Crippen LogP contribution < -0.4 is 15.4 Å². The maximum Gasteiger partial charge on any atom is 0.418 e. The molecule has 2 aliphatic rings. The number of piperazine rings is 1. The number of nitrogen functional groups attached to an aromatic ring is 1. The van der Waals surface area contributed by atoms with E-state index in [0.717, 1.165) is 12.1 Å². The minimum atomic E-state index is -4.69. The van der Waals surface area contributed by atoms with E-state index in [1.54, 1.807) is 6.20 Å². The number of aromatic nitrogens is 3. The molecule has 0 saturated carbocycles. The number of fused-ring (bicyclic) bond motifs is 1.